The van der Waals surface area contributed by atoms with Gasteiger partial charge in [0.05, 0.1) is 0 Å². The zero-order valence-corrected chi connectivity index (χ0v) is 10.8. The maximum absolute atomic E-state index is 11.8. The van der Waals surface area contributed by atoms with Crippen molar-refractivity contribution in [3.63, 3.8) is 0 Å². The fraction of sp³-hybridized carbons (Fsp3) is 0.429. The van der Waals surface area contributed by atoms with Crippen molar-refractivity contribution in [2.45, 2.75) is 27.4 Å². The van der Waals surface area contributed by atoms with Crippen LogP contribution in [-0.2, 0) is 20.9 Å². The minimum Gasteiger partial charge on any atom is -0.481 e. The molecule has 0 amide bonds. The van der Waals surface area contributed by atoms with Crippen molar-refractivity contribution in [3.05, 3.63) is 35.9 Å². The second kappa shape index (κ2) is 5.67. The summed E-state index contributed by atoms with van der Waals surface area (Å²) >= 11 is 0. The van der Waals surface area contributed by atoms with Gasteiger partial charge in [-0.3, -0.25) is 9.59 Å². The van der Waals surface area contributed by atoms with Gasteiger partial charge in [0.2, 0.25) is 0 Å². The number of aliphatic carboxylic acids is 1. The molecule has 0 aliphatic carbocycles. The van der Waals surface area contributed by atoms with Crippen molar-refractivity contribution in [1.29, 1.82) is 0 Å². The zero-order chi connectivity index (χ0) is 13.8. The molecule has 0 spiro atoms. The van der Waals surface area contributed by atoms with Gasteiger partial charge in [0, 0.05) is 0 Å². The Hall–Kier alpha value is -1.84. The van der Waals surface area contributed by atoms with Crippen molar-refractivity contribution in [2.75, 3.05) is 0 Å². The molecule has 0 unspecified atom stereocenters. The van der Waals surface area contributed by atoms with E-state index in [0.29, 0.717) is 0 Å². The Morgan fingerprint density at radius 2 is 1.78 bits per heavy atom. The molecule has 0 heterocycles. The van der Waals surface area contributed by atoms with Gasteiger partial charge in [-0.05, 0) is 11.0 Å². The molecule has 1 aromatic carbocycles. The van der Waals surface area contributed by atoms with Crippen molar-refractivity contribution in [2.24, 2.45) is 11.3 Å². The number of hydrogen-bond acceptors (Lipinski definition) is 3. The van der Waals surface area contributed by atoms with Crippen LogP contribution in [-0.4, -0.2) is 17.0 Å². The molecule has 1 N–H and O–H groups in total. The fourth-order valence-corrected chi connectivity index (χ4v) is 1.64. The lowest BCUT2D eigenvalue weighted by atomic mass is 9.81. The van der Waals surface area contributed by atoms with Crippen LogP contribution in [0.4, 0.5) is 0 Å². The second-order valence-electron chi connectivity index (χ2n) is 5.23. The van der Waals surface area contributed by atoms with Crippen LogP contribution in [0.15, 0.2) is 30.3 Å². The van der Waals surface area contributed by atoms with Crippen LogP contribution < -0.4 is 0 Å². The molecule has 0 aliphatic heterocycles. The van der Waals surface area contributed by atoms with E-state index in [2.05, 4.69) is 0 Å². The minimum absolute atomic E-state index is 0.0968. The predicted molar refractivity (Wildman–Crippen MR) is 66.8 cm³/mol. The molecule has 0 saturated heterocycles. The maximum atomic E-state index is 11.8. The lowest BCUT2D eigenvalue weighted by molar-refractivity contribution is -0.164. The lowest BCUT2D eigenvalue weighted by Crippen LogP contribution is -2.36. The Morgan fingerprint density at radius 3 is 2.22 bits per heavy atom. The summed E-state index contributed by atoms with van der Waals surface area (Å²) in [6, 6.07) is 9.17. The smallest absolute Gasteiger partial charge is 0.321 e. The van der Waals surface area contributed by atoms with E-state index in [1.165, 1.54) is 0 Å². The highest BCUT2D eigenvalue weighted by Gasteiger charge is 2.39. The van der Waals surface area contributed by atoms with E-state index in [1.54, 1.807) is 20.8 Å². The average molecular weight is 250 g/mol. The summed E-state index contributed by atoms with van der Waals surface area (Å²) in [5, 5.41) is 9.08. The third-order valence-electron chi connectivity index (χ3n) is 2.57. The summed E-state index contributed by atoms with van der Waals surface area (Å²) in [5.74, 6) is -3.00. The number of carboxylic acids is 1. The largest absolute Gasteiger partial charge is 0.481 e. The number of carbonyl (C=O) groups excluding carboxylic acids is 1. The van der Waals surface area contributed by atoms with Gasteiger partial charge in [-0.25, -0.2) is 0 Å². The number of carboxylic acid groups (broad SMARTS) is 1. The van der Waals surface area contributed by atoms with Crippen LogP contribution in [0.1, 0.15) is 26.3 Å². The first-order valence-electron chi connectivity index (χ1n) is 5.75. The molecule has 18 heavy (non-hydrogen) atoms. The summed E-state index contributed by atoms with van der Waals surface area (Å²) in [7, 11) is 0. The van der Waals surface area contributed by atoms with Crippen LogP contribution in [0.25, 0.3) is 0 Å². The Bertz CT molecular complexity index is 417. The maximum Gasteiger partial charge on any atom is 0.321 e. The van der Waals surface area contributed by atoms with Gasteiger partial charge in [0.15, 0.2) is 5.92 Å². The molecule has 1 aromatic rings. The third-order valence-corrected chi connectivity index (χ3v) is 2.57. The van der Waals surface area contributed by atoms with Crippen LogP contribution in [0, 0.1) is 11.3 Å². The Kier molecular flexibility index (Phi) is 4.48. The molecular weight excluding hydrogens is 232 g/mol. The quantitative estimate of drug-likeness (QED) is 0.658. The molecule has 0 bridgehead atoms. The monoisotopic (exact) mass is 250 g/mol. The van der Waals surface area contributed by atoms with Crippen LogP contribution >= 0.6 is 0 Å². The molecule has 1 atom stereocenters. The first-order chi connectivity index (χ1) is 8.32. The van der Waals surface area contributed by atoms with E-state index in [-0.39, 0.29) is 6.61 Å². The minimum atomic E-state index is -1.15. The summed E-state index contributed by atoms with van der Waals surface area (Å²) in [6.45, 7) is 5.21. The van der Waals surface area contributed by atoms with Crippen molar-refractivity contribution in [3.8, 4) is 0 Å². The molecule has 4 heteroatoms. The molecule has 0 aromatic heterocycles. The highest BCUT2D eigenvalue weighted by Crippen LogP contribution is 2.27. The predicted octanol–water partition coefficient (Wildman–Crippen LogP) is 2.48. The van der Waals surface area contributed by atoms with E-state index in [0.717, 1.165) is 5.56 Å². The molecule has 4 nitrogen and oxygen atoms in total. The second-order valence-corrected chi connectivity index (χ2v) is 5.23. The number of carbonyl (C=O) groups is 2. The Balaban J connectivity index is 2.67. The van der Waals surface area contributed by atoms with Crippen molar-refractivity contribution < 1.29 is 19.4 Å². The first-order valence-corrected chi connectivity index (χ1v) is 5.75. The highest BCUT2D eigenvalue weighted by molar-refractivity contribution is 5.94. The van der Waals surface area contributed by atoms with E-state index >= 15 is 0 Å². The number of ether oxygens (including phenoxy) is 1. The molecule has 0 aliphatic rings. The van der Waals surface area contributed by atoms with E-state index in [1.807, 2.05) is 30.3 Å². The van der Waals surface area contributed by atoms with Crippen LogP contribution in [0.2, 0.25) is 0 Å². The van der Waals surface area contributed by atoms with Gasteiger partial charge < -0.3 is 9.84 Å². The summed E-state index contributed by atoms with van der Waals surface area (Å²) in [6.07, 6.45) is 0. The van der Waals surface area contributed by atoms with Crippen LogP contribution in [0.3, 0.4) is 0 Å². The first kappa shape index (κ1) is 14.2. The summed E-state index contributed by atoms with van der Waals surface area (Å²) < 4.78 is 5.06. The lowest BCUT2D eigenvalue weighted by Gasteiger charge is -2.25. The third kappa shape index (κ3) is 3.87. The summed E-state index contributed by atoms with van der Waals surface area (Å²) in [4.78, 5) is 22.9. The van der Waals surface area contributed by atoms with Crippen molar-refractivity contribution in [1.82, 2.24) is 0 Å². The van der Waals surface area contributed by atoms with Gasteiger partial charge in [-0.1, -0.05) is 51.1 Å². The SMILES string of the molecule is CC(C)(C)[C@H](C(=O)O)C(=O)OCc1ccccc1. The molecule has 98 valence electrons. The number of benzene rings is 1. The molecule has 0 saturated carbocycles. The van der Waals surface area contributed by atoms with Gasteiger partial charge in [-0.15, -0.1) is 0 Å². The fourth-order valence-electron chi connectivity index (χ4n) is 1.64. The van der Waals surface area contributed by atoms with E-state index in [4.69, 9.17) is 9.84 Å². The van der Waals surface area contributed by atoms with Crippen molar-refractivity contribution >= 4 is 11.9 Å². The zero-order valence-electron chi connectivity index (χ0n) is 10.8. The Morgan fingerprint density at radius 1 is 1.22 bits per heavy atom. The molecular formula is C14H18O4. The molecule has 0 radical (unpaired) electrons. The van der Waals surface area contributed by atoms with Gasteiger partial charge >= 0.3 is 11.9 Å². The van der Waals surface area contributed by atoms with Crippen LogP contribution in [0.5, 0.6) is 0 Å². The van der Waals surface area contributed by atoms with Gasteiger partial charge in [0.1, 0.15) is 6.61 Å². The molecule has 1 rings (SSSR count). The highest BCUT2D eigenvalue weighted by atomic mass is 16.5. The van der Waals surface area contributed by atoms with E-state index < -0.39 is 23.3 Å². The van der Waals surface area contributed by atoms with Gasteiger partial charge in [0.25, 0.3) is 0 Å². The van der Waals surface area contributed by atoms with Gasteiger partial charge in [-0.2, -0.15) is 0 Å². The molecule has 0 fully saturated rings. The topological polar surface area (TPSA) is 63.6 Å². The number of hydrogen-bond donors (Lipinski definition) is 1. The standard InChI is InChI=1S/C14H18O4/c1-14(2,3)11(12(15)16)13(17)18-9-10-7-5-4-6-8-10/h4-8,11H,9H2,1-3H3,(H,15,16)/t11-/m1/s1. The Labute approximate surface area is 107 Å². The number of esters is 1. The summed E-state index contributed by atoms with van der Waals surface area (Å²) in [5.41, 5.74) is 0.170. The normalized spacial score (nSPS) is 12.8. The average Bonchev–Trinajstić information content (AvgIpc) is 2.25. The number of rotatable bonds is 4. The van der Waals surface area contributed by atoms with E-state index in [9.17, 15) is 9.59 Å².